The van der Waals surface area contributed by atoms with Crippen LogP contribution in [-0.4, -0.2) is 7.11 Å². The van der Waals surface area contributed by atoms with Gasteiger partial charge in [-0.15, -0.1) is 0 Å². The van der Waals surface area contributed by atoms with Crippen molar-refractivity contribution in [2.45, 2.75) is 0 Å². The van der Waals surface area contributed by atoms with E-state index in [1.807, 2.05) is 12.1 Å². The minimum atomic E-state index is -0.0355. The van der Waals surface area contributed by atoms with Crippen LogP contribution in [-0.2, 0) is 0 Å². The van der Waals surface area contributed by atoms with Crippen molar-refractivity contribution in [2.75, 3.05) is 7.11 Å². The van der Waals surface area contributed by atoms with Gasteiger partial charge in [0, 0.05) is 43.9 Å². The summed E-state index contributed by atoms with van der Waals surface area (Å²) in [5, 5.41) is 2.68. The van der Waals surface area contributed by atoms with Gasteiger partial charge in [0.2, 0.25) is 0 Å². The molecule has 0 radical (unpaired) electrons. The van der Waals surface area contributed by atoms with E-state index in [1.54, 1.807) is 7.11 Å². The van der Waals surface area contributed by atoms with Crippen LogP contribution in [0.5, 0.6) is 5.75 Å². The zero-order valence-electron chi connectivity index (χ0n) is 12.0. The summed E-state index contributed by atoms with van der Waals surface area (Å²) in [5.74, 6) is 0.899. The molecule has 3 heteroatoms. The van der Waals surface area contributed by atoms with Crippen LogP contribution >= 0.6 is 26.4 Å². The van der Waals surface area contributed by atoms with Crippen molar-refractivity contribution in [2.24, 2.45) is 0 Å². The maximum atomic E-state index is 5.28. The molecule has 1 unspecified atom stereocenters. The fourth-order valence-electron chi connectivity index (χ4n) is 2.84. The summed E-state index contributed by atoms with van der Waals surface area (Å²) in [6, 6.07) is 23.8. The second-order valence-electron chi connectivity index (χ2n) is 5.12. The van der Waals surface area contributed by atoms with Gasteiger partial charge in [-0.2, -0.15) is 0 Å². The quantitative estimate of drug-likeness (QED) is 0.366. The zero-order chi connectivity index (χ0) is 15.1. The van der Waals surface area contributed by atoms with Crippen molar-refractivity contribution in [1.82, 2.24) is 0 Å². The molecular formula is C19H14BrOS+. The van der Waals surface area contributed by atoms with Gasteiger partial charge in [-0.1, -0.05) is 28.1 Å². The second-order valence-corrected chi connectivity index (χ2v) is 8.00. The monoisotopic (exact) mass is 369 g/mol. The largest absolute Gasteiger partial charge is 0.497 e. The summed E-state index contributed by atoms with van der Waals surface area (Å²) in [6.07, 6.45) is 0. The van der Waals surface area contributed by atoms with Crippen LogP contribution < -0.4 is 4.74 Å². The SMILES string of the molecule is COc1ccc(-[s+]2c3ccccc3c3cc(Br)ccc32)cc1. The van der Waals surface area contributed by atoms with E-state index in [-0.39, 0.29) is 10.5 Å². The smallest absolute Gasteiger partial charge is 0.187 e. The lowest BCUT2D eigenvalue weighted by Crippen LogP contribution is -1.80. The van der Waals surface area contributed by atoms with Gasteiger partial charge in [0.25, 0.3) is 0 Å². The van der Waals surface area contributed by atoms with Gasteiger partial charge in [-0.25, -0.2) is 0 Å². The molecule has 0 aliphatic carbocycles. The van der Waals surface area contributed by atoms with E-state index in [2.05, 4.69) is 70.5 Å². The molecule has 0 N–H and O–H groups in total. The molecule has 0 aliphatic heterocycles. The Labute approximate surface area is 140 Å². The molecule has 3 aromatic carbocycles. The Morgan fingerprint density at radius 3 is 2.32 bits per heavy atom. The number of fused-ring (bicyclic) bond motifs is 3. The van der Waals surface area contributed by atoms with Gasteiger partial charge >= 0.3 is 0 Å². The summed E-state index contributed by atoms with van der Waals surface area (Å²) in [6.45, 7) is 0. The van der Waals surface area contributed by atoms with Gasteiger partial charge < -0.3 is 4.74 Å². The molecule has 1 heterocycles. The maximum Gasteiger partial charge on any atom is 0.187 e. The number of hydrogen-bond donors (Lipinski definition) is 0. The molecule has 0 aliphatic rings. The van der Waals surface area contributed by atoms with Crippen molar-refractivity contribution in [3.63, 3.8) is 0 Å². The van der Waals surface area contributed by atoms with E-state index in [4.69, 9.17) is 4.74 Å². The lowest BCUT2D eigenvalue weighted by Gasteiger charge is -1.98. The zero-order valence-corrected chi connectivity index (χ0v) is 14.4. The Morgan fingerprint density at radius 2 is 1.55 bits per heavy atom. The standard InChI is InChI=1S/C19H14BrOS/c1-21-14-7-9-15(10-8-14)22-18-5-3-2-4-16(18)17-12-13(20)6-11-19(17)22/h2-12H,1H3/q+1. The summed E-state index contributed by atoms with van der Waals surface area (Å²) < 4.78 is 9.21. The summed E-state index contributed by atoms with van der Waals surface area (Å²) in [4.78, 5) is 1.33. The highest BCUT2D eigenvalue weighted by atomic mass is 79.9. The highest BCUT2D eigenvalue weighted by Gasteiger charge is 2.23. The molecule has 0 saturated heterocycles. The first-order valence-corrected chi connectivity index (χ1v) is 9.07. The van der Waals surface area contributed by atoms with E-state index < -0.39 is 0 Å². The van der Waals surface area contributed by atoms with Crippen molar-refractivity contribution < 1.29 is 4.74 Å². The molecule has 22 heavy (non-hydrogen) atoms. The molecule has 1 aromatic heterocycles. The molecule has 1 atom stereocenters. The minimum absolute atomic E-state index is 0.0355. The molecule has 4 aromatic rings. The lowest BCUT2D eigenvalue weighted by molar-refractivity contribution is 0.415. The predicted molar refractivity (Wildman–Crippen MR) is 99.5 cm³/mol. The average molecular weight is 370 g/mol. The first kappa shape index (κ1) is 13.8. The van der Waals surface area contributed by atoms with Crippen LogP contribution in [0, 0.1) is 0 Å². The third kappa shape index (κ3) is 2.13. The fraction of sp³-hybridized carbons (Fsp3) is 0.0526. The Balaban J connectivity index is 2.09. The van der Waals surface area contributed by atoms with Crippen LogP contribution in [0.15, 0.2) is 71.2 Å². The summed E-state index contributed by atoms with van der Waals surface area (Å²) in [5.41, 5.74) is 0. The number of benzene rings is 3. The van der Waals surface area contributed by atoms with Crippen molar-refractivity contribution in [3.8, 4) is 10.6 Å². The molecular weight excluding hydrogens is 356 g/mol. The number of halogens is 1. The normalized spacial score (nSPS) is 12.0. The Bertz CT molecular complexity index is 970. The van der Waals surface area contributed by atoms with Gasteiger partial charge in [0.1, 0.15) is 5.75 Å². The van der Waals surface area contributed by atoms with E-state index in [9.17, 15) is 0 Å². The Hall–Kier alpha value is -1.84. The molecule has 108 valence electrons. The fourth-order valence-corrected chi connectivity index (χ4v) is 5.56. The number of methoxy groups -OCH3 is 1. The van der Waals surface area contributed by atoms with Gasteiger partial charge in [0.15, 0.2) is 14.3 Å². The number of ether oxygens (including phenoxy) is 1. The highest BCUT2D eigenvalue weighted by molar-refractivity contribution is 9.10. The van der Waals surface area contributed by atoms with Gasteiger partial charge in [-0.3, -0.25) is 0 Å². The van der Waals surface area contributed by atoms with Crippen LogP contribution in [0.1, 0.15) is 0 Å². The molecule has 1 nitrogen and oxygen atoms in total. The summed E-state index contributed by atoms with van der Waals surface area (Å²) in [7, 11) is 1.67. The van der Waals surface area contributed by atoms with Crippen molar-refractivity contribution in [1.29, 1.82) is 0 Å². The van der Waals surface area contributed by atoms with Crippen LogP contribution in [0.25, 0.3) is 25.1 Å². The molecule has 0 amide bonds. The van der Waals surface area contributed by atoms with Crippen LogP contribution in [0.3, 0.4) is 0 Å². The Morgan fingerprint density at radius 1 is 0.818 bits per heavy atom. The minimum Gasteiger partial charge on any atom is -0.497 e. The molecule has 0 fully saturated rings. The lowest BCUT2D eigenvalue weighted by atomic mass is 10.2. The summed E-state index contributed by atoms with van der Waals surface area (Å²) >= 11 is 3.60. The second kappa shape index (κ2) is 5.41. The maximum absolute atomic E-state index is 5.28. The van der Waals surface area contributed by atoms with E-state index in [1.165, 1.54) is 25.1 Å². The predicted octanol–water partition coefficient (Wildman–Crippen LogP) is 6.50. The number of thiophene rings is 1. The first-order chi connectivity index (χ1) is 10.8. The van der Waals surface area contributed by atoms with E-state index >= 15 is 0 Å². The third-order valence-electron chi connectivity index (χ3n) is 3.85. The number of rotatable bonds is 2. The van der Waals surface area contributed by atoms with Crippen LogP contribution in [0.4, 0.5) is 0 Å². The number of hydrogen-bond acceptors (Lipinski definition) is 1. The first-order valence-electron chi connectivity index (χ1n) is 7.05. The van der Waals surface area contributed by atoms with Crippen LogP contribution in [0.2, 0.25) is 0 Å². The van der Waals surface area contributed by atoms with Crippen molar-refractivity contribution >= 4 is 46.6 Å². The van der Waals surface area contributed by atoms with Crippen molar-refractivity contribution in [3.05, 3.63) is 71.2 Å². The third-order valence-corrected chi connectivity index (χ3v) is 6.68. The highest BCUT2D eigenvalue weighted by Crippen LogP contribution is 2.48. The van der Waals surface area contributed by atoms with Gasteiger partial charge in [0.05, 0.1) is 7.11 Å². The molecule has 0 bridgehead atoms. The topological polar surface area (TPSA) is 9.23 Å². The van der Waals surface area contributed by atoms with E-state index in [0.717, 1.165) is 10.2 Å². The molecule has 0 saturated carbocycles. The Kier molecular flexibility index (Phi) is 3.40. The molecule has 4 rings (SSSR count). The van der Waals surface area contributed by atoms with E-state index in [0.29, 0.717) is 0 Å². The molecule has 0 spiro atoms. The average Bonchev–Trinajstić information content (AvgIpc) is 2.89. The van der Waals surface area contributed by atoms with Gasteiger partial charge in [-0.05, 0) is 36.4 Å².